The van der Waals surface area contributed by atoms with E-state index >= 15 is 0 Å². The van der Waals surface area contributed by atoms with Gasteiger partial charge in [0.05, 0.1) is 6.42 Å². The zero-order chi connectivity index (χ0) is 12.4. The van der Waals surface area contributed by atoms with Crippen molar-refractivity contribution in [2.75, 3.05) is 0 Å². The molecule has 0 aromatic rings. The van der Waals surface area contributed by atoms with E-state index in [2.05, 4.69) is 0 Å². The number of amides is 1. The Morgan fingerprint density at radius 1 is 1.41 bits per heavy atom. The fraction of sp³-hybridized carbons (Fsp3) is 0.727. The van der Waals surface area contributed by atoms with Crippen LogP contribution in [0.15, 0.2) is 0 Å². The number of hydrogen-bond acceptors (Lipinski definition) is 4. The lowest BCUT2D eigenvalue weighted by Gasteiger charge is -2.30. The van der Waals surface area contributed by atoms with E-state index in [1.807, 2.05) is 0 Å². The van der Waals surface area contributed by atoms with Gasteiger partial charge in [-0.25, -0.2) is 0 Å². The topological polar surface area (TPSA) is 57.6 Å². The van der Waals surface area contributed by atoms with E-state index in [4.69, 9.17) is 17.3 Å². The second kappa shape index (κ2) is 5.35. The highest BCUT2D eigenvalue weighted by molar-refractivity contribution is 8.24. The zero-order valence-corrected chi connectivity index (χ0v) is 11.1. The number of carbonyl (C=O) groups is 2. The van der Waals surface area contributed by atoms with Crippen LogP contribution in [-0.4, -0.2) is 37.5 Å². The summed E-state index contributed by atoms with van der Waals surface area (Å²) in [5.74, 6) is -1.04. The van der Waals surface area contributed by atoms with E-state index in [1.165, 1.54) is 18.2 Å². The second-order valence-electron chi connectivity index (χ2n) is 4.47. The van der Waals surface area contributed by atoms with Gasteiger partial charge in [0.1, 0.15) is 9.57 Å². The number of carbonyl (C=O) groups excluding carboxylic acids is 1. The van der Waals surface area contributed by atoms with Gasteiger partial charge in [0.15, 0.2) is 0 Å². The Balaban J connectivity index is 2.05. The molecule has 1 saturated heterocycles. The molecule has 1 heterocycles. The Kier molecular flexibility index (Phi) is 4.04. The van der Waals surface area contributed by atoms with Crippen LogP contribution in [-0.2, 0) is 9.59 Å². The summed E-state index contributed by atoms with van der Waals surface area (Å²) in [6.45, 7) is 0. The van der Waals surface area contributed by atoms with Crippen LogP contribution in [0.2, 0.25) is 0 Å². The summed E-state index contributed by atoms with van der Waals surface area (Å²) in [5, 5.41) is 8.24. The van der Waals surface area contributed by atoms with Crippen molar-refractivity contribution in [2.24, 2.45) is 0 Å². The number of carboxylic acid groups (broad SMARTS) is 1. The van der Waals surface area contributed by atoms with Crippen molar-refractivity contribution in [3.63, 3.8) is 0 Å². The second-order valence-corrected chi connectivity index (χ2v) is 6.31. The van der Waals surface area contributed by atoms with Crippen LogP contribution in [0, 0.1) is 0 Å². The molecule has 0 spiro atoms. The fourth-order valence-electron chi connectivity index (χ4n) is 2.43. The summed E-state index contributed by atoms with van der Waals surface area (Å²) in [4.78, 5) is 24.4. The predicted octanol–water partition coefficient (Wildman–Crippen LogP) is 2.02. The molecule has 1 N–H and O–H groups in total. The Bertz CT molecular complexity index is 353. The number of nitrogens with zero attached hydrogens (tertiary/aromatic N) is 1. The van der Waals surface area contributed by atoms with E-state index in [1.54, 1.807) is 4.90 Å². The molecule has 1 amide bonds. The predicted molar refractivity (Wildman–Crippen MR) is 69.9 cm³/mol. The molecule has 2 fully saturated rings. The summed E-state index contributed by atoms with van der Waals surface area (Å²) in [6, 6.07) is 0.204. The number of thioether (sulfide) groups is 1. The third kappa shape index (κ3) is 2.80. The van der Waals surface area contributed by atoms with Gasteiger partial charge < -0.3 is 5.11 Å². The SMILES string of the molecule is O=C(O)C[C@H]1SC(=S)N(C2CCCCC2)C1=O. The van der Waals surface area contributed by atoms with Gasteiger partial charge in [-0.15, -0.1) is 0 Å². The first-order chi connectivity index (χ1) is 8.09. The summed E-state index contributed by atoms with van der Waals surface area (Å²) >= 11 is 6.43. The minimum atomic E-state index is -0.941. The Morgan fingerprint density at radius 3 is 2.65 bits per heavy atom. The minimum absolute atomic E-state index is 0.102. The average molecular weight is 273 g/mol. The lowest BCUT2D eigenvalue weighted by Crippen LogP contribution is -2.41. The molecule has 4 nitrogen and oxygen atoms in total. The highest BCUT2D eigenvalue weighted by atomic mass is 32.2. The third-order valence-electron chi connectivity index (χ3n) is 3.25. The normalized spacial score (nSPS) is 26.6. The highest BCUT2D eigenvalue weighted by Gasteiger charge is 2.41. The maximum atomic E-state index is 12.1. The largest absolute Gasteiger partial charge is 0.481 e. The van der Waals surface area contributed by atoms with Crippen LogP contribution < -0.4 is 0 Å². The molecule has 0 aromatic heterocycles. The van der Waals surface area contributed by atoms with E-state index in [-0.39, 0.29) is 18.4 Å². The van der Waals surface area contributed by atoms with Crippen LogP contribution in [0.5, 0.6) is 0 Å². The molecule has 2 aliphatic rings. The Labute approximate surface area is 110 Å². The number of aliphatic carboxylic acids is 1. The molecule has 0 radical (unpaired) electrons. The van der Waals surface area contributed by atoms with Gasteiger partial charge in [0.25, 0.3) is 0 Å². The van der Waals surface area contributed by atoms with Crippen LogP contribution in [0.25, 0.3) is 0 Å². The van der Waals surface area contributed by atoms with Crippen molar-refractivity contribution >= 4 is 40.2 Å². The Hall–Kier alpha value is -0.620. The van der Waals surface area contributed by atoms with Gasteiger partial charge in [-0.3, -0.25) is 14.5 Å². The molecule has 94 valence electrons. The minimum Gasteiger partial charge on any atom is -0.481 e. The van der Waals surface area contributed by atoms with Gasteiger partial charge >= 0.3 is 5.97 Å². The zero-order valence-electron chi connectivity index (χ0n) is 9.42. The highest BCUT2D eigenvalue weighted by Crippen LogP contribution is 2.35. The first kappa shape index (κ1) is 12.8. The maximum Gasteiger partial charge on any atom is 0.305 e. The van der Waals surface area contributed by atoms with Crippen LogP contribution in [0.3, 0.4) is 0 Å². The molecule has 1 aliphatic heterocycles. The first-order valence-electron chi connectivity index (χ1n) is 5.85. The first-order valence-corrected chi connectivity index (χ1v) is 7.14. The number of rotatable bonds is 3. The van der Waals surface area contributed by atoms with Crippen molar-refractivity contribution < 1.29 is 14.7 Å². The van der Waals surface area contributed by atoms with Crippen molar-refractivity contribution in [3.05, 3.63) is 0 Å². The molecular formula is C11H15NO3S2. The Morgan fingerprint density at radius 2 is 2.06 bits per heavy atom. The quantitative estimate of drug-likeness (QED) is 0.797. The summed E-state index contributed by atoms with van der Waals surface area (Å²) in [5.41, 5.74) is 0. The van der Waals surface area contributed by atoms with E-state index in [0.717, 1.165) is 25.7 Å². The smallest absolute Gasteiger partial charge is 0.305 e. The molecular weight excluding hydrogens is 258 g/mol. The van der Waals surface area contributed by atoms with Gasteiger partial charge in [-0.05, 0) is 12.8 Å². The fourth-order valence-corrected chi connectivity index (χ4v) is 4.05. The van der Waals surface area contributed by atoms with Crippen molar-refractivity contribution in [2.45, 2.75) is 49.8 Å². The number of carboxylic acids is 1. The molecule has 0 aromatic carbocycles. The summed E-state index contributed by atoms with van der Waals surface area (Å²) in [7, 11) is 0. The molecule has 1 saturated carbocycles. The van der Waals surface area contributed by atoms with E-state index in [0.29, 0.717) is 4.32 Å². The van der Waals surface area contributed by atoms with Gasteiger partial charge in [0.2, 0.25) is 5.91 Å². The third-order valence-corrected chi connectivity index (χ3v) is 4.79. The lowest BCUT2D eigenvalue weighted by atomic mass is 9.94. The van der Waals surface area contributed by atoms with E-state index < -0.39 is 11.2 Å². The summed E-state index contributed by atoms with van der Waals surface area (Å²) < 4.78 is 0.563. The van der Waals surface area contributed by atoms with E-state index in [9.17, 15) is 9.59 Å². The van der Waals surface area contributed by atoms with Gasteiger partial charge in [-0.2, -0.15) is 0 Å². The summed E-state index contributed by atoms with van der Waals surface area (Å²) in [6.07, 6.45) is 5.33. The molecule has 17 heavy (non-hydrogen) atoms. The number of thiocarbonyl (C=S) groups is 1. The molecule has 2 rings (SSSR count). The average Bonchev–Trinajstić information content (AvgIpc) is 2.54. The van der Waals surface area contributed by atoms with Crippen LogP contribution >= 0.6 is 24.0 Å². The molecule has 1 atom stereocenters. The molecule has 0 unspecified atom stereocenters. The van der Waals surface area contributed by atoms with Crippen molar-refractivity contribution in [1.29, 1.82) is 0 Å². The maximum absolute atomic E-state index is 12.1. The van der Waals surface area contributed by atoms with Crippen LogP contribution in [0.1, 0.15) is 38.5 Å². The van der Waals surface area contributed by atoms with Gasteiger partial charge in [-0.1, -0.05) is 43.2 Å². The molecule has 1 aliphatic carbocycles. The van der Waals surface area contributed by atoms with Crippen LogP contribution in [0.4, 0.5) is 0 Å². The van der Waals surface area contributed by atoms with Crippen molar-refractivity contribution in [1.82, 2.24) is 4.90 Å². The molecule has 0 bridgehead atoms. The number of hydrogen-bond donors (Lipinski definition) is 1. The lowest BCUT2D eigenvalue weighted by molar-refractivity contribution is -0.139. The monoisotopic (exact) mass is 273 g/mol. The van der Waals surface area contributed by atoms with Gasteiger partial charge in [0, 0.05) is 6.04 Å². The molecule has 6 heteroatoms. The standard InChI is InChI=1S/C11H15NO3S2/c13-9(14)6-8-10(15)12(11(16)17-8)7-4-2-1-3-5-7/h7-8H,1-6H2,(H,13,14)/t8-/m1/s1. The van der Waals surface area contributed by atoms with Crippen molar-refractivity contribution in [3.8, 4) is 0 Å².